The highest BCUT2D eigenvalue weighted by Crippen LogP contribution is 2.38. The first-order chi connectivity index (χ1) is 11.6. The lowest BCUT2D eigenvalue weighted by atomic mass is 10.1. The van der Waals surface area contributed by atoms with Crippen molar-refractivity contribution in [1.82, 2.24) is 4.57 Å². The number of rotatable bonds is 13. The molecule has 144 valence electrons. The fraction of sp³-hybridized carbons (Fsp3) is 1.00. The van der Waals surface area contributed by atoms with Gasteiger partial charge in [-0.15, -0.1) is 0 Å². The van der Waals surface area contributed by atoms with E-state index >= 15 is 0 Å². The van der Waals surface area contributed by atoms with E-state index in [1.165, 1.54) is 69.6 Å². The highest BCUT2D eigenvalue weighted by atomic mass is 28.4. The Morgan fingerprint density at radius 1 is 0.917 bits per heavy atom. The van der Waals surface area contributed by atoms with Crippen molar-refractivity contribution in [3.05, 3.63) is 0 Å². The van der Waals surface area contributed by atoms with Gasteiger partial charge in [-0.05, 0) is 19.4 Å². The second kappa shape index (κ2) is 11.1. The van der Waals surface area contributed by atoms with Crippen molar-refractivity contribution in [2.75, 3.05) is 20.8 Å². The molecule has 24 heavy (non-hydrogen) atoms. The van der Waals surface area contributed by atoms with Gasteiger partial charge < -0.3 is 8.85 Å². The summed E-state index contributed by atoms with van der Waals surface area (Å²) in [6, 6.07) is 5.34. The molecule has 1 aliphatic heterocycles. The smallest absolute Gasteiger partial charge is 0.386 e. The van der Waals surface area contributed by atoms with Gasteiger partial charge >= 0.3 is 8.72 Å². The van der Waals surface area contributed by atoms with Crippen LogP contribution in [0.25, 0.3) is 0 Å². The van der Waals surface area contributed by atoms with E-state index < -0.39 is 16.8 Å². The summed E-state index contributed by atoms with van der Waals surface area (Å²) in [7, 11) is 0.337. The molecule has 0 aliphatic carbocycles. The topological polar surface area (TPSA) is 21.7 Å². The van der Waals surface area contributed by atoms with Crippen molar-refractivity contribution in [3.8, 4) is 0 Å². The maximum absolute atomic E-state index is 6.08. The maximum Gasteiger partial charge on any atom is 0.427 e. The van der Waals surface area contributed by atoms with Crippen molar-refractivity contribution < 1.29 is 8.85 Å². The first-order valence-electron chi connectivity index (χ1n) is 10.5. The van der Waals surface area contributed by atoms with E-state index in [1.54, 1.807) is 0 Å². The van der Waals surface area contributed by atoms with Gasteiger partial charge in [0.05, 0.1) is 8.07 Å². The molecule has 0 amide bonds. The highest BCUT2D eigenvalue weighted by Gasteiger charge is 2.54. The van der Waals surface area contributed by atoms with Crippen LogP contribution in [-0.2, 0) is 8.85 Å². The Labute approximate surface area is 153 Å². The van der Waals surface area contributed by atoms with Gasteiger partial charge in [0.1, 0.15) is 0 Å². The molecule has 0 bridgehead atoms. The third kappa shape index (κ3) is 4.94. The van der Waals surface area contributed by atoms with Gasteiger partial charge in [-0.25, -0.2) is 0 Å². The number of unbranched alkanes of at least 4 members (excludes halogenated alkanes) is 4. The van der Waals surface area contributed by atoms with Gasteiger partial charge in [-0.2, -0.15) is 0 Å². The number of hydrogen-bond donors (Lipinski definition) is 0. The number of nitrogens with zero attached hydrogens (tertiary/aromatic N) is 1. The molecule has 0 aromatic rings. The summed E-state index contributed by atoms with van der Waals surface area (Å²) < 4.78 is 14.9. The summed E-state index contributed by atoms with van der Waals surface area (Å²) in [6.07, 6.45) is 9.52. The van der Waals surface area contributed by atoms with Crippen LogP contribution in [0.5, 0.6) is 0 Å². The number of hydrogen-bond acceptors (Lipinski definition) is 3. The van der Waals surface area contributed by atoms with Crippen LogP contribution in [0.1, 0.15) is 72.6 Å². The van der Waals surface area contributed by atoms with Crippen LogP contribution in [0.3, 0.4) is 0 Å². The van der Waals surface area contributed by atoms with E-state index in [0.29, 0.717) is 0 Å². The second-order valence-electron chi connectivity index (χ2n) is 7.56. The minimum atomic E-state index is -2.14. The molecule has 1 saturated heterocycles. The summed E-state index contributed by atoms with van der Waals surface area (Å²) in [5, 5.41) is 0. The Kier molecular flexibility index (Phi) is 10.4. The molecule has 1 aliphatic rings. The summed E-state index contributed by atoms with van der Waals surface area (Å²) in [5.74, 6) is 0. The van der Waals surface area contributed by atoms with E-state index in [-0.39, 0.29) is 0 Å². The first kappa shape index (κ1) is 22.4. The molecule has 0 saturated carbocycles. The van der Waals surface area contributed by atoms with Crippen molar-refractivity contribution in [2.45, 2.75) is 102 Å². The molecule has 5 heteroatoms. The minimum Gasteiger partial charge on any atom is -0.386 e. The fourth-order valence-corrected chi connectivity index (χ4v) is 13.9. The van der Waals surface area contributed by atoms with Crippen LogP contribution in [0.4, 0.5) is 0 Å². The quantitative estimate of drug-likeness (QED) is 0.305. The van der Waals surface area contributed by atoms with Crippen LogP contribution in [0.2, 0.25) is 24.2 Å². The Hall–Kier alpha value is 0.314. The SMILES string of the molecule is CCCCCCCC(N1CCC[Si]1(OC)OC)[Si](CC)(CC)CC. The van der Waals surface area contributed by atoms with E-state index in [2.05, 4.69) is 32.3 Å². The lowest BCUT2D eigenvalue weighted by molar-refractivity contribution is 0.169. The van der Waals surface area contributed by atoms with Crippen LogP contribution >= 0.6 is 0 Å². The molecule has 1 fully saturated rings. The molecule has 0 radical (unpaired) electrons. The molecule has 1 heterocycles. The monoisotopic (exact) mass is 373 g/mol. The Morgan fingerprint density at radius 2 is 1.50 bits per heavy atom. The molecule has 0 N–H and O–H groups in total. The zero-order valence-corrected chi connectivity index (χ0v) is 19.3. The Bertz CT molecular complexity index is 325. The Balaban J connectivity index is 2.95. The summed E-state index contributed by atoms with van der Waals surface area (Å²) in [4.78, 5) is 0. The molecular formula is C19H43NO2Si2. The van der Waals surface area contributed by atoms with E-state index in [4.69, 9.17) is 8.85 Å². The lowest BCUT2D eigenvalue weighted by Gasteiger charge is -2.47. The second-order valence-corrected chi connectivity index (χ2v) is 16.4. The zero-order chi connectivity index (χ0) is 18.1. The van der Waals surface area contributed by atoms with Crippen molar-refractivity contribution >= 4 is 16.8 Å². The van der Waals surface area contributed by atoms with E-state index in [1.807, 2.05) is 14.2 Å². The van der Waals surface area contributed by atoms with Crippen LogP contribution in [0, 0.1) is 0 Å². The van der Waals surface area contributed by atoms with Crippen LogP contribution in [0.15, 0.2) is 0 Å². The predicted octanol–water partition coefficient (Wildman–Crippen LogP) is 5.70. The minimum absolute atomic E-state index is 0.758. The van der Waals surface area contributed by atoms with E-state index in [0.717, 1.165) is 11.7 Å². The third-order valence-electron chi connectivity index (χ3n) is 6.74. The molecular weight excluding hydrogens is 330 g/mol. The molecule has 3 nitrogen and oxygen atoms in total. The van der Waals surface area contributed by atoms with Gasteiger partial charge in [0, 0.05) is 25.9 Å². The van der Waals surface area contributed by atoms with Gasteiger partial charge in [0.15, 0.2) is 0 Å². The molecule has 1 unspecified atom stereocenters. The highest BCUT2D eigenvalue weighted by molar-refractivity contribution is 6.82. The van der Waals surface area contributed by atoms with E-state index in [9.17, 15) is 0 Å². The summed E-state index contributed by atoms with van der Waals surface area (Å²) >= 11 is 0. The van der Waals surface area contributed by atoms with Gasteiger partial charge in [0.25, 0.3) is 0 Å². The fourth-order valence-electron chi connectivity index (χ4n) is 4.89. The van der Waals surface area contributed by atoms with Crippen LogP contribution < -0.4 is 0 Å². The molecule has 0 aromatic heterocycles. The largest absolute Gasteiger partial charge is 0.427 e. The average molecular weight is 374 g/mol. The van der Waals surface area contributed by atoms with Crippen molar-refractivity contribution in [3.63, 3.8) is 0 Å². The van der Waals surface area contributed by atoms with Crippen molar-refractivity contribution in [2.24, 2.45) is 0 Å². The maximum atomic E-state index is 6.08. The predicted molar refractivity (Wildman–Crippen MR) is 110 cm³/mol. The van der Waals surface area contributed by atoms with Gasteiger partial charge in [-0.1, -0.05) is 77.9 Å². The van der Waals surface area contributed by atoms with Gasteiger partial charge in [0.2, 0.25) is 0 Å². The third-order valence-corrected chi connectivity index (χ3v) is 16.9. The van der Waals surface area contributed by atoms with Crippen LogP contribution in [-0.4, -0.2) is 47.8 Å². The summed E-state index contributed by atoms with van der Waals surface area (Å²) in [5.41, 5.74) is 0.758. The standard InChI is InChI=1S/C19H43NO2Si2/c1-7-11-12-13-14-16-19(23(8-2,9-3)10-4)20-17-15-18-24(20,21-5)22-6/h19H,7-18H2,1-6H3. The normalized spacial score (nSPS) is 19.8. The molecule has 0 aromatic carbocycles. The molecule has 1 atom stereocenters. The van der Waals surface area contributed by atoms with Crippen molar-refractivity contribution in [1.29, 1.82) is 0 Å². The lowest BCUT2D eigenvalue weighted by Crippen LogP contribution is -2.65. The molecule has 1 rings (SSSR count). The Morgan fingerprint density at radius 3 is 2.00 bits per heavy atom. The van der Waals surface area contributed by atoms with Gasteiger partial charge in [-0.3, -0.25) is 4.57 Å². The zero-order valence-electron chi connectivity index (χ0n) is 17.3. The first-order valence-corrected chi connectivity index (χ1v) is 15.1. The summed E-state index contributed by atoms with van der Waals surface area (Å²) in [6.45, 7) is 10.8. The average Bonchev–Trinajstić information content (AvgIpc) is 3.05. The molecule has 0 spiro atoms.